The molecule has 0 spiro atoms. The lowest BCUT2D eigenvalue weighted by atomic mass is 9.80. The molecule has 2 N–H and O–H groups in total. The van der Waals surface area contributed by atoms with Gasteiger partial charge in [0.15, 0.2) is 5.79 Å². The predicted molar refractivity (Wildman–Crippen MR) is 137 cm³/mol. The lowest BCUT2D eigenvalue weighted by molar-refractivity contribution is -0.269. The van der Waals surface area contributed by atoms with E-state index in [4.69, 9.17) is 24.7 Å². The molecule has 2 aliphatic carbocycles. The number of aromatic nitrogens is 2. The molecule has 36 heavy (non-hydrogen) atoms. The molecule has 0 bridgehead atoms. The van der Waals surface area contributed by atoms with Crippen LogP contribution in [-0.2, 0) is 25.5 Å². The number of methoxy groups -OCH3 is 2. The van der Waals surface area contributed by atoms with Crippen LogP contribution in [0, 0.1) is 6.92 Å². The molecule has 1 aromatic heterocycles. The van der Waals surface area contributed by atoms with E-state index in [2.05, 4.69) is 0 Å². The summed E-state index contributed by atoms with van der Waals surface area (Å²) in [7, 11) is 3.53. The highest BCUT2D eigenvalue weighted by molar-refractivity contribution is 5.04. The number of hydrogen-bond donors (Lipinski definition) is 1. The summed E-state index contributed by atoms with van der Waals surface area (Å²) < 4.78 is 28.3. The van der Waals surface area contributed by atoms with E-state index < -0.39 is 12.0 Å². The second-order valence-corrected chi connectivity index (χ2v) is 10.9. The van der Waals surface area contributed by atoms with Crippen LogP contribution in [0.1, 0.15) is 95.3 Å². The molecule has 3 aliphatic rings. The minimum Gasteiger partial charge on any atom is -0.378 e. The van der Waals surface area contributed by atoms with Gasteiger partial charge in [-0.3, -0.25) is 13.9 Å². The Balaban J connectivity index is 1.64. The Kier molecular flexibility index (Phi) is 9.09. The number of ether oxygens (including phenoxy) is 4. The standard InChI is InChI=1S/C27H45N3O6/c1-20-19-30(25(32)29(24(20)31)16-10-15-28)23-17-21(36-27(34-3)13-8-5-9-14-27)22(35-23)18-26(33-2)11-6-4-7-12-26/h19,21-23H,4-18,28H2,1-3H3/t21-,22+,23+/m0/s1. The Morgan fingerprint density at radius 2 is 1.69 bits per heavy atom. The number of aryl methyl sites for hydroxylation is 1. The monoisotopic (exact) mass is 507 g/mol. The van der Waals surface area contributed by atoms with E-state index in [0.717, 1.165) is 51.4 Å². The van der Waals surface area contributed by atoms with E-state index in [1.165, 1.54) is 17.4 Å². The normalized spacial score (nSPS) is 27.8. The first kappa shape index (κ1) is 27.5. The van der Waals surface area contributed by atoms with Crippen LogP contribution in [0.15, 0.2) is 15.8 Å². The summed E-state index contributed by atoms with van der Waals surface area (Å²) in [5.74, 6) is -0.618. The molecule has 2 heterocycles. The SMILES string of the molecule is COC1(C[C@H]2O[C@@H](n3cc(C)c(=O)n(CCCN)c3=O)C[C@@H]2OC2(OC)CCCCC2)CCCCC1. The molecule has 9 nitrogen and oxygen atoms in total. The summed E-state index contributed by atoms with van der Waals surface area (Å²) in [6.07, 6.45) is 13.0. The largest absolute Gasteiger partial charge is 0.378 e. The number of nitrogens with zero attached hydrogens (tertiary/aromatic N) is 2. The molecule has 0 aromatic carbocycles. The molecule has 4 rings (SSSR count). The van der Waals surface area contributed by atoms with E-state index in [1.54, 1.807) is 31.9 Å². The molecule has 2 saturated carbocycles. The number of hydrogen-bond acceptors (Lipinski definition) is 7. The molecule has 3 atom stereocenters. The van der Waals surface area contributed by atoms with Crippen LogP contribution in [0.4, 0.5) is 0 Å². The van der Waals surface area contributed by atoms with Gasteiger partial charge in [0, 0.05) is 58.2 Å². The zero-order chi connectivity index (χ0) is 25.8. The molecule has 204 valence electrons. The average Bonchev–Trinajstić information content (AvgIpc) is 3.28. The molecular weight excluding hydrogens is 462 g/mol. The van der Waals surface area contributed by atoms with Gasteiger partial charge in [-0.1, -0.05) is 25.7 Å². The zero-order valence-corrected chi connectivity index (χ0v) is 22.3. The van der Waals surface area contributed by atoms with Crippen LogP contribution >= 0.6 is 0 Å². The Hall–Kier alpha value is -1.52. The first-order valence-electron chi connectivity index (χ1n) is 13.8. The molecule has 1 aromatic rings. The first-order valence-corrected chi connectivity index (χ1v) is 13.8. The number of nitrogens with two attached hydrogens (primary N) is 1. The maximum Gasteiger partial charge on any atom is 0.333 e. The highest BCUT2D eigenvalue weighted by Gasteiger charge is 2.47. The molecule has 0 amide bonds. The summed E-state index contributed by atoms with van der Waals surface area (Å²) >= 11 is 0. The van der Waals surface area contributed by atoms with Crippen molar-refractivity contribution in [1.82, 2.24) is 9.13 Å². The van der Waals surface area contributed by atoms with Crippen molar-refractivity contribution in [2.24, 2.45) is 5.73 Å². The van der Waals surface area contributed by atoms with Gasteiger partial charge >= 0.3 is 5.69 Å². The fourth-order valence-electron chi connectivity index (χ4n) is 6.38. The third-order valence-corrected chi connectivity index (χ3v) is 8.57. The van der Waals surface area contributed by atoms with Crippen LogP contribution in [0.3, 0.4) is 0 Å². The minimum atomic E-state index is -0.618. The lowest BCUT2D eigenvalue weighted by Gasteiger charge is -2.41. The van der Waals surface area contributed by atoms with E-state index in [9.17, 15) is 9.59 Å². The van der Waals surface area contributed by atoms with E-state index >= 15 is 0 Å². The third kappa shape index (κ3) is 5.80. The highest BCUT2D eigenvalue weighted by atomic mass is 16.7. The summed E-state index contributed by atoms with van der Waals surface area (Å²) in [6, 6.07) is 0. The second kappa shape index (κ2) is 11.9. The maximum absolute atomic E-state index is 13.4. The van der Waals surface area contributed by atoms with Gasteiger partial charge in [0.05, 0.1) is 17.8 Å². The highest BCUT2D eigenvalue weighted by Crippen LogP contribution is 2.43. The smallest absolute Gasteiger partial charge is 0.333 e. The lowest BCUT2D eigenvalue weighted by Crippen LogP contribution is -2.46. The second-order valence-electron chi connectivity index (χ2n) is 10.9. The molecule has 3 fully saturated rings. The summed E-state index contributed by atoms with van der Waals surface area (Å²) in [5.41, 5.74) is 5.29. The predicted octanol–water partition coefficient (Wildman–Crippen LogP) is 3.39. The van der Waals surface area contributed by atoms with Crippen molar-refractivity contribution in [1.29, 1.82) is 0 Å². The van der Waals surface area contributed by atoms with E-state index in [0.29, 0.717) is 37.9 Å². The Bertz CT molecular complexity index is 941. The summed E-state index contributed by atoms with van der Waals surface area (Å²) in [5, 5.41) is 0. The topological polar surface area (TPSA) is 107 Å². The molecule has 0 radical (unpaired) electrons. The van der Waals surface area contributed by atoms with Gasteiger partial charge in [-0.15, -0.1) is 0 Å². The van der Waals surface area contributed by atoms with Crippen molar-refractivity contribution in [3.8, 4) is 0 Å². The molecule has 0 unspecified atom stereocenters. The van der Waals surface area contributed by atoms with Gasteiger partial charge in [-0.2, -0.15) is 0 Å². The van der Waals surface area contributed by atoms with E-state index in [1.807, 2.05) is 0 Å². The van der Waals surface area contributed by atoms with E-state index in [-0.39, 0.29) is 29.1 Å². The van der Waals surface area contributed by atoms with Crippen LogP contribution < -0.4 is 17.0 Å². The van der Waals surface area contributed by atoms with Crippen molar-refractivity contribution >= 4 is 0 Å². The Morgan fingerprint density at radius 3 is 2.31 bits per heavy atom. The van der Waals surface area contributed by atoms with Crippen molar-refractivity contribution in [2.75, 3.05) is 20.8 Å². The molecule has 9 heteroatoms. The van der Waals surface area contributed by atoms with Crippen LogP contribution in [0.2, 0.25) is 0 Å². The molecule has 1 saturated heterocycles. The average molecular weight is 508 g/mol. The van der Waals surface area contributed by atoms with Gasteiger partial charge in [-0.05, 0) is 45.6 Å². The maximum atomic E-state index is 13.4. The van der Waals surface area contributed by atoms with Gasteiger partial charge in [0.1, 0.15) is 6.23 Å². The van der Waals surface area contributed by atoms with Gasteiger partial charge < -0.3 is 24.7 Å². The Labute approximate surface area is 214 Å². The van der Waals surface area contributed by atoms with Crippen molar-refractivity contribution in [3.05, 3.63) is 32.6 Å². The molecule has 1 aliphatic heterocycles. The van der Waals surface area contributed by atoms with Crippen molar-refractivity contribution in [2.45, 2.75) is 127 Å². The third-order valence-electron chi connectivity index (χ3n) is 8.57. The van der Waals surface area contributed by atoms with Gasteiger partial charge in [0.25, 0.3) is 5.56 Å². The fourth-order valence-corrected chi connectivity index (χ4v) is 6.38. The molecular formula is C27H45N3O6. The number of rotatable bonds is 10. The van der Waals surface area contributed by atoms with Crippen molar-refractivity contribution < 1.29 is 18.9 Å². The first-order chi connectivity index (χ1) is 17.4. The van der Waals surface area contributed by atoms with Crippen LogP contribution in [-0.4, -0.2) is 53.5 Å². The Morgan fingerprint density at radius 1 is 1.03 bits per heavy atom. The van der Waals surface area contributed by atoms with Crippen molar-refractivity contribution in [3.63, 3.8) is 0 Å². The zero-order valence-electron chi connectivity index (χ0n) is 22.3. The quantitative estimate of drug-likeness (QED) is 0.484. The van der Waals surface area contributed by atoms with Gasteiger partial charge in [-0.25, -0.2) is 4.79 Å². The van der Waals surface area contributed by atoms with Gasteiger partial charge in [0.2, 0.25) is 0 Å². The summed E-state index contributed by atoms with van der Waals surface area (Å²) in [4.78, 5) is 26.1. The fraction of sp³-hybridized carbons (Fsp3) is 0.852. The minimum absolute atomic E-state index is 0.237. The van der Waals surface area contributed by atoms with Crippen LogP contribution in [0.5, 0.6) is 0 Å². The van der Waals surface area contributed by atoms with Crippen LogP contribution in [0.25, 0.3) is 0 Å². The summed E-state index contributed by atoms with van der Waals surface area (Å²) in [6.45, 7) is 2.45.